The third-order valence-corrected chi connectivity index (χ3v) is 3.12. The number of rotatable bonds is 2. The number of hydrogen-bond acceptors (Lipinski definition) is 4. The summed E-state index contributed by atoms with van der Waals surface area (Å²) in [6, 6.07) is 11.0. The van der Waals surface area contributed by atoms with Crippen LogP contribution >= 0.6 is 0 Å². The molecule has 0 fully saturated rings. The highest BCUT2D eigenvalue weighted by atomic mass is 16.4. The highest BCUT2D eigenvalue weighted by molar-refractivity contribution is 5.95. The molecular formula is C14H13N3O2. The zero-order valence-corrected chi connectivity index (χ0v) is 10.2. The second-order valence-corrected chi connectivity index (χ2v) is 4.28. The summed E-state index contributed by atoms with van der Waals surface area (Å²) in [5, 5.41) is 12.6. The van der Waals surface area contributed by atoms with E-state index in [0.717, 1.165) is 17.9 Å². The summed E-state index contributed by atoms with van der Waals surface area (Å²) < 4.78 is 0. The van der Waals surface area contributed by atoms with Gasteiger partial charge in [0, 0.05) is 19.3 Å². The van der Waals surface area contributed by atoms with Gasteiger partial charge >= 0.3 is 5.97 Å². The maximum atomic E-state index is 11.3. The van der Waals surface area contributed by atoms with E-state index >= 15 is 0 Å². The molecule has 19 heavy (non-hydrogen) atoms. The number of aromatic carboxylic acids is 1. The van der Waals surface area contributed by atoms with Crippen molar-refractivity contribution < 1.29 is 9.90 Å². The van der Waals surface area contributed by atoms with E-state index in [4.69, 9.17) is 0 Å². The molecule has 0 aliphatic carbocycles. The lowest BCUT2D eigenvalue weighted by Gasteiger charge is -2.31. The Morgan fingerprint density at radius 1 is 1.26 bits per heavy atom. The van der Waals surface area contributed by atoms with Crippen molar-refractivity contribution in [1.29, 1.82) is 0 Å². The van der Waals surface area contributed by atoms with Crippen LogP contribution in [-0.2, 0) is 0 Å². The number of anilines is 3. The van der Waals surface area contributed by atoms with Crippen LogP contribution in [0.25, 0.3) is 0 Å². The average molecular weight is 255 g/mol. The van der Waals surface area contributed by atoms with Gasteiger partial charge < -0.3 is 15.3 Å². The molecule has 0 unspecified atom stereocenters. The molecule has 2 heterocycles. The van der Waals surface area contributed by atoms with Gasteiger partial charge in [0.15, 0.2) is 0 Å². The first-order chi connectivity index (χ1) is 9.27. The third kappa shape index (κ3) is 1.99. The minimum Gasteiger partial charge on any atom is -0.478 e. The van der Waals surface area contributed by atoms with Crippen molar-refractivity contribution in [2.24, 2.45) is 0 Å². The summed E-state index contributed by atoms with van der Waals surface area (Å²) in [6.45, 7) is 1.45. The van der Waals surface area contributed by atoms with E-state index in [-0.39, 0.29) is 5.56 Å². The van der Waals surface area contributed by atoms with E-state index in [1.807, 2.05) is 29.2 Å². The molecule has 0 amide bonds. The van der Waals surface area contributed by atoms with E-state index in [1.165, 1.54) is 0 Å². The van der Waals surface area contributed by atoms with Crippen molar-refractivity contribution in [3.63, 3.8) is 0 Å². The molecule has 2 N–H and O–H groups in total. The molecule has 0 bridgehead atoms. The fraction of sp³-hybridized carbons (Fsp3) is 0.143. The monoisotopic (exact) mass is 255 g/mol. The topological polar surface area (TPSA) is 65.5 Å². The molecule has 5 nitrogen and oxygen atoms in total. The second kappa shape index (κ2) is 4.61. The van der Waals surface area contributed by atoms with Gasteiger partial charge in [0.25, 0.3) is 0 Å². The van der Waals surface area contributed by atoms with Crippen LogP contribution in [0, 0.1) is 0 Å². The summed E-state index contributed by atoms with van der Waals surface area (Å²) in [5.41, 5.74) is 2.17. The van der Waals surface area contributed by atoms with Crippen molar-refractivity contribution in [1.82, 2.24) is 4.98 Å². The molecule has 1 aromatic heterocycles. The van der Waals surface area contributed by atoms with Gasteiger partial charge in [-0.15, -0.1) is 0 Å². The van der Waals surface area contributed by atoms with E-state index in [9.17, 15) is 9.90 Å². The fourth-order valence-corrected chi connectivity index (χ4v) is 2.28. The molecule has 0 radical (unpaired) electrons. The van der Waals surface area contributed by atoms with Crippen LogP contribution < -0.4 is 10.2 Å². The quantitative estimate of drug-likeness (QED) is 0.862. The first kappa shape index (κ1) is 11.5. The lowest BCUT2D eigenvalue weighted by atomic mass is 10.1. The number of carboxylic acid groups (broad SMARTS) is 1. The number of pyridine rings is 1. The number of carbonyl (C=O) groups is 1. The lowest BCUT2D eigenvalue weighted by molar-refractivity contribution is 0.0697. The highest BCUT2D eigenvalue weighted by Gasteiger charge is 2.22. The SMILES string of the molecule is O=C(O)c1cccnc1N1CCNc2ccccc21. The van der Waals surface area contributed by atoms with Crippen LogP contribution in [0.5, 0.6) is 0 Å². The maximum absolute atomic E-state index is 11.3. The van der Waals surface area contributed by atoms with Crippen LogP contribution in [0.1, 0.15) is 10.4 Å². The smallest absolute Gasteiger partial charge is 0.339 e. The molecule has 0 spiro atoms. The van der Waals surface area contributed by atoms with Crippen LogP contribution in [0.3, 0.4) is 0 Å². The standard InChI is InChI=1S/C14H13N3O2/c18-14(19)10-4-3-7-16-13(10)17-9-8-15-11-5-1-2-6-12(11)17/h1-7,15H,8-9H2,(H,18,19). The minimum atomic E-state index is -0.959. The predicted octanol–water partition coefficient (Wildman–Crippen LogP) is 2.34. The van der Waals surface area contributed by atoms with E-state index < -0.39 is 5.97 Å². The zero-order chi connectivity index (χ0) is 13.2. The average Bonchev–Trinajstić information content (AvgIpc) is 2.46. The summed E-state index contributed by atoms with van der Waals surface area (Å²) >= 11 is 0. The highest BCUT2D eigenvalue weighted by Crippen LogP contribution is 2.34. The van der Waals surface area contributed by atoms with Gasteiger partial charge in [0.1, 0.15) is 11.4 Å². The lowest BCUT2D eigenvalue weighted by Crippen LogP contribution is -2.31. The Balaban J connectivity index is 2.12. The maximum Gasteiger partial charge on any atom is 0.339 e. The van der Waals surface area contributed by atoms with Crippen molar-refractivity contribution in [3.8, 4) is 0 Å². The summed E-state index contributed by atoms with van der Waals surface area (Å²) in [6.07, 6.45) is 1.62. The van der Waals surface area contributed by atoms with E-state index in [1.54, 1.807) is 18.3 Å². The van der Waals surface area contributed by atoms with Crippen molar-refractivity contribution in [2.45, 2.75) is 0 Å². The number of carboxylic acids is 1. The van der Waals surface area contributed by atoms with E-state index in [0.29, 0.717) is 12.4 Å². The van der Waals surface area contributed by atoms with Crippen molar-refractivity contribution in [3.05, 3.63) is 48.2 Å². The Morgan fingerprint density at radius 3 is 2.95 bits per heavy atom. The predicted molar refractivity (Wildman–Crippen MR) is 73.1 cm³/mol. The van der Waals surface area contributed by atoms with Crippen LogP contribution in [-0.4, -0.2) is 29.1 Å². The normalized spacial score (nSPS) is 13.6. The number of hydrogen-bond donors (Lipinski definition) is 2. The first-order valence-corrected chi connectivity index (χ1v) is 6.06. The second-order valence-electron chi connectivity index (χ2n) is 4.28. The van der Waals surface area contributed by atoms with Gasteiger partial charge in [-0.25, -0.2) is 9.78 Å². The molecule has 1 aliphatic rings. The summed E-state index contributed by atoms with van der Waals surface area (Å²) in [5.74, 6) is -0.469. The Kier molecular flexibility index (Phi) is 2.79. The van der Waals surface area contributed by atoms with Gasteiger partial charge in [0.05, 0.1) is 11.4 Å². The molecule has 1 aromatic carbocycles. The largest absolute Gasteiger partial charge is 0.478 e. The molecule has 0 saturated carbocycles. The number of para-hydroxylation sites is 2. The summed E-state index contributed by atoms with van der Waals surface area (Å²) in [7, 11) is 0. The number of nitrogens with zero attached hydrogens (tertiary/aromatic N) is 2. The van der Waals surface area contributed by atoms with Crippen molar-refractivity contribution in [2.75, 3.05) is 23.3 Å². The van der Waals surface area contributed by atoms with Gasteiger partial charge in [-0.2, -0.15) is 0 Å². The number of benzene rings is 1. The molecule has 96 valence electrons. The molecule has 0 saturated heterocycles. The Hall–Kier alpha value is -2.56. The Labute approximate surface area is 110 Å². The third-order valence-electron chi connectivity index (χ3n) is 3.12. The number of nitrogens with one attached hydrogen (secondary N) is 1. The molecular weight excluding hydrogens is 242 g/mol. The van der Waals surface area contributed by atoms with Crippen LogP contribution in [0.2, 0.25) is 0 Å². The van der Waals surface area contributed by atoms with Crippen LogP contribution in [0.4, 0.5) is 17.2 Å². The minimum absolute atomic E-state index is 0.221. The van der Waals surface area contributed by atoms with Crippen LogP contribution in [0.15, 0.2) is 42.6 Å². The van der Waals surface area contributed by atoms with Gasteiger partial charge in [-0.3, -0.25) is 0 Å². The van der Waals surface area contributed by atoms with E-state index in [2.05, 4.69) is 10.3 Å². The summed E-state index contributed by atoms with van der Waals surface area (Å²) in [4.78, 5) is 17.5. The Morgan fingerprint density at radius 2 is 2.11 bits per heavy atom. The fourth-order valence-electron chi connectivity index (χ4n) is 2.28. The molecule has 2 aromatic rings. The van der Waals surface area contributed by atoms with Gasteiger partial charge in [-0.1, -0.05) is 12.1 Å². The van der Waals surface area contributed by atoms with Gasteiger partial charge in [0.2, 0.25) is 0 Å². The number of aromatic nitrogens is 1. The zero-order valence-electron chi connectivity index (χ0n) is 10.2. The molecule has 0 atom stereocenters. The van der Waals surface area contributed by atoms with Crippen molar-refractivity contribution >= 4 is 23.2 Å². The first-order valence-electron chi connectivity index (χ1n) is 6.06. The molecule has 1 aliphatic heterocycles. The molecule has 3 rings (SSSR count). The number of fused-ring (bicyclic) bond motifs is 1. The van der Waals surface area contributed by atoms with Gasteiger partial charge in [-0.05, 0) is 24.3 Å². The molecule has 5 heteroatoms. The Bertz CT molecular complexity index is 628.